The first-order valence-electron chi connectivity index (χ1n) is 9.33. The molecule has 0 aliphatic carbocycles. The van der Waals surface area contributed by atoms with E-state index >= 15 is 0 Å². The molecule has 0 radical (unpaired) electrons. The van der Waals surface area contributed by atoms with E-state index < -0.39 is 5.60 Å². The van der Waals surface area contributed by atoms with Crippen molar-refractivity contribution < 1.29 is 14.6 Å². The standard InChI is InChI=1S/C20H30N2O3/c1-16-5-3-6-17(13-16)14-22-10-4-9-20(24,19(22)23)15-21(2)18-7-11-25-12-8-18/h3,5-6,13,18,24H,4,7-12,14-15H2,1-2H3/t20-/m0/s1. The average molecular weight is 346 g/mol. The highest BCUT2D eigenvalue weighted by molar-refractivity contribution is 5.86. The van der Waals surface area contributed by atoms with Crippen molar-refractivity contribution in [3.63, 3.8) is 0 Å². The summed E-state index contributed by atoms with van der Waals surface area (Å²) in [7, 11) is 2.01. The fourth-order valence-corrected chi connectivity index (χ4v) is 4.06. The first-order valence-corrected chi connectivity index (χ1v) is 9.33. The summed E-state index contributed by atoms with van der Waals surface area (Å²) in [4.78, 5) is 16.9. The summed E-state index contributed by atoms with van der Waals surface area (Å²) >= 11 is 0. The molecule has 0 bridgehead atoms. The number of hydrogen-bond acceptors (Lipinski definition) is 4. The van der Waals surface area contributed by atoms with Gasteiger partial charge >= 0.3 is 0 Å². The highest BCUT2D eigenvalue weighted by Crippen LogP contribution is 2.27. The van der Waals surface area contributed by atoms with Crippen LogP contribution in [0.1, 0.15) is 36.8 Å². The smallest absolute Gasteiger partial charge is 0.256 e. The summed E-state index contributed by atoms with van der Waals surface area (Å²) in [5.41, 5.74) is 1.04. The number of likely N-dealkylation sites (tertiary alicyclic amines) is 1. The number of piperidine rings is 1. The van der Waals surface area contributed by atoms with Gasteiger partial charge in [-0.1, -0.05) is 29.8 Å². The van der Waals surface area contributed by atoms with E-state index in [0.717, 1.165) is 44.6 Å². The number of ether oxygens (including phenoxy) is 1. The number of carbonyl (C=O) groups is 1. The van der Waals surface area contributed by atoms with Crippen molar-refractivity contribution in [3.8, 4) is 0 Å². The number of amides is 1. The number of rotatable bonds is 5. The molecule has 2 fully saturated rings. The van der Waals surface area contributed by atoms with Gasteiger partial charge in [-0.3, -0.25) is 9.69 Å². The van der Waals surface area contributed by atoms with E-state index in [0.29, 0.717) is 25.6 Å². The molecule has 1 aromatic carbocycles. The zero-order chi connectivity index (χ0) is 17.9. The minimum absolute atomic E-state index is 0.126. The van der Waals surface area contributed by atoms with Crippen LogP contribution < -0.4 is 0 Å². The molecule has 3 rings (SSSR count). The molecule has 5 nitrogen and oxygen atoms in total. The van der Waals surface area contributed by atoms with E-state index in [1.54, 1.807) is 0 Å². The molecule has 0 unspecified atom stereocenters. The van der Waals surface area contributed by atoms with E-state index in [1.165, 1.54) is 5.56 Å². The molecule has 0 saturated carbocycles. The molecule has 1 atom stereocenters. The van der Waals surface area contributed by atoms with Gasteiger partial charge in [-0.05, 0) is 45.2 Å². The third-order valence-corrected chi connectivity index (χ3v) is 5.48. The Bertz CT molecular complexity index is 600. The van der Waals surface area contributed by atoms with Gasteiger partial charge in [0.05, 0.1) is 0 Å². The van der Waals surface area contributed by atoms with Crippen LogP contribution in [0.5, 0.6) is 0 Å². The van der Waals surface area contributed by atoms with Crippen molar-refractivity contribution in [3.05, 3.63) is 35.4 Å². The van der Waals surface area contributed by atoms with Crippen LogP contribution in [0.4, 0.5) is 0 Å². The van der Waals surface area contributed by atoms with E-state index in [-0.39, 0.29) is 5.91 Å². The van der Waals surface area contributed by atoms with Gasteiger partial charge < -0.3 is 14.7 Å². The molecule has 138 valence electrons. The topological polar surface area (TPSA) is 53.0 Å². The van der Waals surface area contributed by atoms with Crippen LogP contribution in [-0.2, 0) is 16.1 Å². The third kappa shape index (κ3) is 4.40. The van der Waals surface area contributed by atoms with Gasteiger partial charge in [-0.15, -0.1) is 0 Å². The van der Waals surface area contributed by atoms with Gasteiger partial charge in [0, 0.05) is 38.9 Å². The molecule has 0 spiro atoms. The molecule has 25 heavy (non-hydrogen) atoms. The molecule has 2 aliphatic heterocycles. The maximum Gasteiger partial charge on any atom is 0.256 e. The van der Waals surface area contributed by atoms with Crippen LogP contribution in [0.2, 0.25) is 0 Å². The van der Waals surface area contributed by atoms with Crippen LogP contribution in [0.15, 0.2) is 24.3 Å². The Morgan fingerprint density at radius 1 is 1.36 bits per heavy atom. The van der Waals surface area contributed by atoms with E-state index in [4.69, 9.17) is 4.74 Å². The van der Waals surface area contributed by atoms with Crippen molar-refractivity contribution >= 4 is 5.91 Å². The van der Waals surface area contributed by atoms with Crippen LogP contribution >= 0.6 is 0 Å². The van der Waals surface area contributed by atoms with Crippen LogP contribution in [0, 0.1) is 6.92 Å². The number of aliphatic hydroxyl groups is 1. The second kappa shape index (κ2) is 7.85. The van der Waals surface area contributed by atoms with E-state index in [2.05, 4.69) is 24.0 Å². The molecular formula is C20H30N2O3. The number of nitrogens with zero attached hydrogens (tertiary/aromatic N) is 2. The second-order valence-corrected chi connectivity index (χ2v) is 7.61. The Labute approximate surface area is 150 Å². The summed E-state index contributed by atoms with van der Waals surface area (Å²) in [6, 6.07) is 8.61. The normalized spacial score (nSPS) is 25.6. The summed E-state index contributed by atoms with van der Waals surface area (Å²) in [6.45, 7) is 5.28. The summed E-state index contributed by atoms with van der Waals surface area (Å²) < 4.78 is 5.41. The maximum absolute atomic E-state index is 13.0. The van der Waals surface area contributed by atoms with Crippen molar-refractivity contribution in [2.45, 2.75) is 50.8 Å². The first-order chi connectivity index (χ1) is 12.0. The fourth-order valence-electron chi connectivity index (χ4n) is 4.06. The molecule has 2 heterocycles. The van der Waals surface area contributed by atoms with Crippen LogP contribution in [-0.4, -0.2) is 65.8 Å². The lowest BCUT2D eigenvalue weighted by Gasteiger charge is -2.42. The summed E-state index contributed by atoms with van der Waals surface area (Å²) in [5, 5.41) is 11.1. The van der Waals surface area contributed by atoms with E-state index in [9.17, 15) is 9.90 Å². The van der Waals surface area contributed by atoms with Gasteiger partial charge in [0.2, 0.25) is 0 Å². The van der Waals surface area contributed by atoms with Gasteiger partial charge in [-0.2, -0.15) is 0 Å². The Balaban J connectivity index is 1.65. The van der Waals surface area contributed by atoms with Crippen LogP contribution in [0.25, 0.3) is 0 Å². The lowest BCUT2D eigenvalue weighted by Crippen LogP contribution is -2.59. The second-order valence-electron chi connectivity index (χ2n) is 7.61. The van der Waals surface area contributed by atoms with Crippen molar-refractivity contribution in [2.75, 3.05) is 33.4 Å². The third-order valence-electron chi connectivity index (χ3n) is 5.48. The Morgan fingerprint density at radius 2 is 2.12 bits per heavy atom. The molecule has 0 aromatic heterocycles. The maximum atomic E-state index is 13.0. The Kier molecular flexibility index (Phi) is 5.77. The van der Waals surface area contributed by atoms with Gasteiger partial charge in [0.25, 0.3) is 5.91 Å². The summed E-state index contributed by atoms with van der Waals surface area (Å²) in [5.74, 6) is -0.126. The zero-order valence-corrected chi connectivity index (χ0v) is 15.4. The Hall–Kier alpha value is -1.43. The lowest BCUT2D eigenvalue weighted by atomic mass is 9.90. The largest absolute Gasteiger partial charge is 0.381 e. The minimum atomic E-state index is -1.27. The van der Waals surface area contributed by atoms with Gasteiger partial charge in [0.1, 0.15) is 0 Å². The average Bonchev–Trinajstić information content (AvgIpc) is 2.60. The number of carbonyl (C=O) groups excluding carboxylic acids is 1. The molecule has 1 N–H and O–H groups in total. The minimum Gasteiger partial charge on any atom is -0.381 e. The van der Waals surface area contributed by atoms with Crippen molar-refractivity contribution in [1.82, 2.24) is 9.80 Å². The molecule has 5 heteroatoms. The number of benzene rings is 1. The predicted molar refractivity (Wildman–Crippen MR) is 97.3 cm³/mol. The van der Waals surface area contributed by atoms with Crippen LogP contribution in [0.3, 0.4) is 0 Å². The predicted octanol–water partition coefficient (Wildman–Crippen LogP) is 1.96. The number of likely N-dealkylation sites (N-methyl/N-ethyl adjacent to an activating group) is 1. The highest BCUT2D eigenvalue weighted by Gasteiger charge is 2.43. The number of hydrogen-bond donors (Lipinski definition) is 1. The quantitative estimate of drug-likeness (QED) is 0.886. The van der Waals surface area contributed by atoms with Crippen molar-refractivity contribution in [2.24, 2.45) is 0 Å². The Morgan fingerprint density at radius 3 is 2.84 bits per heavy atom. The van der Waals surface area contributed by atoms with Gasteiger partial charge in [-0.25, -0.2) is 0 Å². The van der Waals surface area contributed by atoms with Crippen molar-refractivity contribution in [1.29, 1.82) is 0 Å². The first kappa shape index (κ1) is 18.4. The monoisotopic (exact) mass is 346 g/mol. The number of aryl methyl sites for hydroxylation is 1. The van der Waals surface area contributed by atoms with E-state index in [1.807, 2.05) is 24.1 Å². The molecular weight excluding hydrogens is 316 g/mol. The molecule has 1 aromatic rings. The molecule has 2 aliphatic rings. The SMILES string of the molecule is Cc1cccc(CN2CCC[C@](O)(CN(C)C3CCOCC3)C2=O)c1. The lowest BCUT2D eigenvalue weighted by molar-refractivity contribution is -0.161. The summed E-state index contributed by atoms with van der Waals surface area (Å²) in [6.07, 6.45) is 3.32. The zero-order valence-electron chi connectivity index (χ0n) is 15.4. The van der Waals surface area contributed by atoms with Gasteiger partial charge in [0.15, 0.2) is 5.60 Å². The molecule has 1 amide bonds. The molecule has 2 saturated heterocycles. The highest BCUT2D eigenvalue weighted by atomic mass is 16.5. The fraction of sp³-hybridized carbons (Fsp3) is 0.650.